The highest BCUT2D eigenvalue weighted by molar-refractivity contribution is 7.18. The van der Waals surface area contributed by atoms with E-state index in [1.165, 1.54) is 15.3 Å². The Morgan fingerprint density at radius 3 is 2.87 bits per heavy atom. The minimum atomic E-state index is 0.000615. The van der Waals surface area contributed by atoms with E-state index in [0.29, 0.717) is 5.92 Å². The molecule has 0 spiro atoms. The fourth-order valence-electron chi connectivity index (χ4n) is 4.35. The van der Waals surface area contributed by atoms with Crippen molar-refractivity contribution in [3.05, 3.63) is 50.4 Å². The molecule has 7 heteroatoms. The van der Waals surface area contributed by atoms with E-state index in [0.717, 1.165) is 58.9 Å². The van der Waals surface area contributed by atoms with Gasteiger partial charge < -0.3 is 19.4 Å². The van der Waals surface area contributed by atoms with Gasteiger partial charge in [-0.3, -0.25) is 4.79 Å². The second-order valence-corrected chi connectivity index (χ2v) is 9.46. The molecular formula is C23H30N3O3S+. The molecule has 0 saturated heterocycles. The van der Waals surface area contributed by atoms with Crippen molar-refractivity contribution in [3.8, 4) is 11.5 Å². The lowest BCUT2D eigenvalue weighted by Crippen LogP contribution is -3.07. The van der Waals surface area contributed by atoms with E-state index < -0.39 is 0 Å². The fourth-order valence-corrected chi connectivity index (χ4v) is 5.74. The van der Waals surface area contributed by atoms with Crippen LogP contribution in [0.4, 0.5) is 0 Å². The molecule has 6 nitrogen and oxygen atoms in total. The number of ether oxygens (including phenoxy) is 2. The number of aromatic amines is 1. The summed E-state index contributed by atoms with van der Waals surface area (Å²) < 4.78 is 11.0. The summed E-state index contributed by atoms with van der Waals surface area (Å²) in [4.78, 5) is 24.3. The zero-order valence-electron chi connectivity index (χ0n) is 18.3. The number of fused-ring (bicyclic) bond motifs is 3. The Balaban J connectivity index is 1.63. The quantitative estimate of drug-likeness (QED) is 0.634. The predicted octanol–water partition coefficient (Wildman–Crippen LogP) is 2.90. The zero-order chi connectivity index (χ0) is 21.4. The maximum absolute atomic E-state index is 12.9. The number of hydrogen-bond acceptors (Lipinski definition) is 5. The Labute approximate surface area is 180 Å². The zero-order valence-corrected chi connectivity index (χ0v) is 19.1. The number of para-hydroxylation sites is 1. The summed E-state index contributed by atoms with van der Waals surface area (Å²) in [5.74, 6) is 2.89. The predicted molar refractivity (Wildman–Crippen MR) is 120 cm³/mol. The van der Waals surface area contributed by atoms with Gasteiger partial charge in [-0.05, 0) is 49.8 Å². The van der Waals surface area contributed by atoms with Crippen molar-refractivity contribution in [2.24, 2.45) is 5.92 Å². The molecule has 2 N–H and O–H groups in total. The van der Waals surface area contributed by atoms with Crippen LogP contribution in [0.3, 0.4) is 0 Å². The lowest BCUT2D eigenvalue weighted by atomic mass is 9.89. The van der Waals surface area contributed by atoms with Crippen LogP contribution in [0.25, 0.3) is 10.2 Å². The molecule has 0 fully saturated rings. The van der Waals surface area contributed by atoms with E-state index >= 15 is 0 Å². The molecule has 4 rings (SSSR count). The van der Waals surface area contributed by atoms with Crippen LogP contribution in [0.15, 0.2) is 23.0 Å². The van der Waals surface area contributed by atoms with E-state index in [1.54, 1.807) is 25.6 Å². The topological polar surface area (TPSA) is 68.7 Å². The molecule has 3 atom stereocenters. The van der Waals surface area contributed by atoms with Crippen LogP contribution in [0.2, 0.25) is 0 Å². The molecule has 2 aromatic heterocycles. The highest BCUT2D eigenvalue weighted by Crippen LogP contribution is 2.36. The minimum absolute atomic E-state index is 0.000615. The average molecular weight is 429 g/mol. The molecule has 1 aromatic carbocycles. The number of hydrogen-bond donors (Lipinski definition) is 2. The van der Waals surface area contributed by atoms with Gasteiger partial charge in [0.2, 0.25) is 0 Å². The number of methoxy groups -OCH3 is 2. The van der Waals surface area contributed by atoms with Crippen molar-refractivity contribution in [3.63, 3.8) is 0 Å². The van der Waals surface area contributed by atoms with Crippen molar-refractivity contribution in [2.75, 3.05) is 21.3 Å². The van der Waals surface area contributed by atoms with Gasteiger partial charge >= 0.3 is 0 Å². The van der Waals surface area contributed by atoms with Crippen LogP contribution in [0.5, 0.6) is 11.5 Å². The third kappa shape index (κ3) is 3.72. The number of quaternary nitrogens is 1. The first-order chi connectivity index (χ1) is 14.4. The maximum Gasteiger partial charge on any atom is 0.260 e. The first-order valence-corrected chi connectivity index (χ1v) is 11.3. The van der Waals surface area contributed by atoms with Gasteiger partial charge in [0.25, 0.3) is 5.56 Å². The highest BCUT2D eigenvalue weighted by Gasteiger charge is 2.26. The number of rotatable bonds is 6. The van der Waals surface area contributed by atoms with Gasteiger partial charge in [0.15, 0.2) is 17.3 Å². The van der Waals surface area contributed by atoms with Crippen molar-refractivity contribution in [1.29, 1.82) is 0 Å². The van der Waals surface area contributed by atoms with Crippen LogP contribution in [0.1, 0.15) is 48.1 Å². The SMILES string of the molecule is COc1cccc(C[NH+](C)[C@@H](C)c2nc3sc4c(c3c(=O)[nH]2)CC[C@H](C)C4)c1OC. The van der Waals surface area contributed by atoms with E-state index in [9.17, 15) is 4.79 Å². The van der Waals surface area contributed by atoms with Gasteiger partial charge in [-0.1, -0.05) is 13.0 Å². The molecule has 1 aliphatic rings. The lowest BCUT2D eigenvalue weighted by Gasteiger charge is -2.22. The Morgan fingerprint density at radius 1 is 1.33 bits per heavy atom. The summed E-state index contributed by atoms with van der Waals surface area (Å²) in [6.07, 6.45) is 3.18. The van der Waals surface area contributed by atoms with Gasteiger partial charge in [0.05, 0.1) is 32.2 Å². The smallest absolute Gasteiger partial charge is 0.260 e. The summed E-state index contributed by atoms with van der Waals surface area (Å²) in [6, 6.07) is 5.94. The number of thiophene rings is 1. The second kappa shape index (κ2) is 8.40. The maximum atomic E-state index is 12.9. The first-order valence-electron chi connectivity index (χ1n) is 10.5. The van der Waals surface area contributed by atoms with Gasteiger partial charge in [0.1, 0.15) is 17.4 Å². The summed E-state index contributed by atoms with van der Waals surface area (Å²) in [6.45, 7) is 5.10. The van der Waals surface area contributed by atoms with E-state index in [-0.39, 0.29) is 11.6 Å². The Kier molecular flexibility index (Phi) is 5.84. The van der Waals surface area contributed by atoms with Crippen molar-refractivity contribution in [1.82, 2.24) is 9.97 Å². The van der Waals surface area contributed by atoms with Crippen molar-refractivity contribution < 1.29 is 14.4 Å². The molecule has 0 radical (unpaired) electrons. The molecule has 30 heavy (non-hydrogen) atoms. The molecule has 3 aromatic rings. The molecule has 160 valence electrons. The van der Waals surface area contributed by atoms with Gasteiger partial charge in [-0.15, -0.1) is 11.3 Å². The second-order valence-electron chi connectivity index (χ2n) is 8.38. The fraction of sp³-hybridized carbons (Fsp3) is 0.478. The van der Waals surface area contributed by atoms with Crippen molar-refractivity contribution >= 4 is 21.6 Å². The van der Waals surface area contributed by atoms with Crippen LogP contribution >= 0.6 is 11.3 Å². The Bertz CT molecular complexity index is 1120. The lowest BCUT2D eigenvalue weighted by molar-refractivity contribution is -0.924. The Morgan fingerprint density at radius 2 is 2.13 bits per heavy atom. The van der Waals surface area contributed by atoms with Gasteiger partial charge in [0, 0.05) is 4.88 Å². The van der Waals surface area contributed by atoms with E-state index in [1.807, 2.05) is 18.2 Å². The normalized spacial score (nSPS) is 18.1. The van der Waals surface area contributed by atoms with Gasteiger partial charge in [-0.2, -0.15) is 0 Å². The van der Waals surface area contributed by atoms with Gasteiger partial charge in [-0.25, -0.2) is 4.98 Å². The molecule has 0 bridgehead atoms. The molecule has 1 aliphatic carbocycles. The molecule has 1 unspecified atom stereocenters. The number of nitrogens with one attached hydrogen (secondary N) is 2. The van der Waals surface area contributed by atoms with Crippen LogP contribution < -0.4 is 19.9 Å². The molecule has 0 aliphatic heterocycles. The van der Waals surface area contributed by atoms with Crippen LogP contribution in [0, 0.1) is 5.92 Å². The summed E-state index contributed by atoms with van der Waals surface area (Å²) in [5, 5.41) is 0.810. The largest absolute Gasteiger partial charge is 0.493 e. The third-order valence-electron chi connectivity index (χ3n) is 6.29. The number of aromatic nitrogens is 2. The van der Waals surface area contributed by atoms with Crippen LogP contribution in [-0.4, -0.2) is 31.2 Å². The van der Waals surface area contributed by atoms with Crippen molar-refractivity contribution in [2.45, 2.75) is 45.7 Å². The standard InChI is InChI=1S/C23H29N3O3S/c1-13-9-10-16-18(11-13)30-23-19(16)22(27)24-21(25-23)14(2)26(3)12-15-7-6-8-17(28-4)20(15)29-5/h6-8,13-14H,9-12H2,1-5H3,(H,24,25,27)/p+1/t13-,14-/m0/s1. The monoisotopic (exact) mass is 428 g/mol. The summed E-state index contributed by atoms with van der Waals surface area (Å²) >= 11 is 1.70. The van der Waals surface area contributed by atoms with E-state index in [4.69, 9.17) is 14.5 Å². The number of H-pyrrole nitrogens is 1. The highest BCUT2D eigenvalue weighted by atomic mass is 32.1. The van der Waals surface area contributed by atoms with Crippen LogP contribution in [-0.2, 0) is 19.4 Å². The number of aryl methyl sites for hydroxylation is 1. The summed E-state index contributed by atoms with van der Waals surface area (Å²) in [7, 11) is 5.41. The number of benzene rings is 1. The number of nitrogens with zero attached hydrogens (tertiary/aromatic N) is 1. The van der Waals surface area contributed by atoms with E-state index in [2.05, 4.69) is 25.9 Å². The minimum Gasteiger partial charge on any atom is -0.493 e. The molecule has 2 heterocycles. The molecule has 0 saturated carbocycles. The molecular weight excluding hydrogens is 398 g/mol. The first kappa shape index (κ1) is 20.9. The Hall–Kier alpha value is -2.38. The summed E-state index contributed by atoms with van der Waals surface area (Å²) in [5.41, 5.74) is 2.29. The average Bonchev–Trinajstić information content (AvgIpc) is 3.10. The third-order valence-corrected chi connectivity index (χ3v) is 7.44. The molecule has 0 amide bonds.